The second kappa shape index (κ2) is 14.6. The molecule has 0 atom stereocenters. The molecule has 1 N–H and O–H groups in total. The van der Waals surface area contributed by atoms with Gasteiger partial charge in [-0.25, -0.2) is 0 Å². The number of amides is 1. The zero-order chi connectivity index (χ0) is 29.9. The van der Waals surface area contributed by atoms with Crippen LogP contribution in [0.3, 0.4) is 0 Å². The fraction of sp³-hybridized carbons (Fsp3) is 0.152. The van der Waals surface area contributed by atoms with Gasteiger partial charge in [0.2, 0.25) is 0 Å². The molecule has 42 heavy (non-hydrogen) atoms. The SMILES string of the molecule is COc1ccc(NC(=O)/C(C#N)=C\c2cc(Br)c(OCc3ccc(OCc4ccccc4)c(OC)c3)c(OC)c2)cc1. The Hall–Kier alpha value is -4.94. The van der Waals surface area contributed by atoms with Crippen molar-refractivity contribution in [3.05, 3.63) is 112 Å². The molecule has 8 nitrogen and oxygen atoms in total. The predicted molar refractivity (Wildman–Crippen MR) is 164 cm³/mol. The average Bonchev–Trinajstić information content (AvgIpc) is 3.02. The zero-order valence-electron chi connectivity index (χ0n) is 23.3. The molecular weight excluding hydrogens is 600 g/mol. The molecule has 0 aliphatic heterocycles. The molecule has 4 aromatic carbocycles. The van der Waals surface area contributed by atoms with Crippen LogP contribution in [0.4, 0.5) is 5.69 Å². The Labute approximate surface area is 253 Å². The topological polar surface area (TPSA) is 99.0 Å². The third-order valence-electron chi connectivity index (χ3n) is 6.12. The summed E-state index contributed by atoms with van der Waals surface area (Å²) >= 11 is 3.54. The lowest BCUT2D eigenvalue weighted by atomic mass is 10.1. The number of methoxy groups -OCH3 is 3. The Morgan fingerprint density at radius 2 is 1.52 bits per heavy atom. The third-order valence-corrected chi connectivity index (χ3v) is 6.71. The van der Waals surface area contributed by atoms with E-state index in [-0.39, 0.29) is 12.2 Å². The number of carbonyl (C=O) groups excluding carboxylic acids is 1. The second-order valence-corrected chi connectivity index (χ2v) is 9.79. The minimum absolute atomic E-state index is 0.0740. The fourth-order valence-corrected chi connectivity index (χ4v) is 4.54. The van der Waals surface area contributed by atoms with E-state index < -0.39 is 5.91 Å². The number of halogens is 1. The van der Waals surface area contributed by atoms with Gasteiger partial charge in [-0.15, -0.1) is 0 Å². The largest absolute Gasteiger partial charge is 0.497 e. The van der Waals surface area contributed by atoms with E-state index in [9.17, 15) is 10.1 Å². The normalized spacial score (nSPS) is 10.8. The lowest BCUT2D eigenvalue weighted by Gasteiger charge is -2.15. The minimum Gasteiger partial charge on any atom is -0.497 e. The van der Waals surface area contributed by atoms with Gasteiger partial charge < -0.3 is 29.0 Å². The van der Waals surface area contributed by atoms with Crippen LogP contribution < -0.4 is 29.0 Å². The van der Waals surface area contributed by atoms with Crippen molar-refractivity contribution in [2.45, 2.75) is 13.2 Å². The van der Waals surface area contributed by atoms with E-state index in [0.717, 1.165) is 11.1 Å². The Morgan fingerprint density at radius 3 is 2.19 bits per heavy atom. The predicted octanol–water partition coefficient (Wildman–Crippen LogP) is 7.18. The summed E-state index contributed by atoms with van der Waals surface area (Å²) in [7, 11) is 4.67. The van der Waals surface area contributed by atoms with Crippen LogP contribution in [0.25, 0.3) is 6.08 Å². The maximum Gasteiger partial charge on any atom is 0.266 e. The van der Waals surface area contributed by atoms with Gasteiger partial charge >= 0.3 is 0 Å². The number of hydrogen-bond donors (Lipinski definition) is 1. The number of ether oxygens (including phenoxy) is 5. The summed E-state index contributed by atoms with van der Waals surface area (Å²) in [6.07, 6.45) is 1.48. The van der Waals surface area contributed by atoms with E-state index in [1.54, 1.807) is 50.6 Å². The standard InChI is InChI=1S/C33H29BrN2O6/c1-38-27-12-10-26(11-13-27)36-33(37)25(19-35)15-24-16-28(34)32(31(18-24)40-3)42-21-23-9-14-29(30(17-23)39-2)41-20-22-7-5-4-6-8-22/h4-18H,20-21H2,1-3H3,(H,36,37)/b25-15-. The third kappa shape index (κ3) is 7.83. The summed E-state index contributed by atoms with van der Waals surface area (Å²) in [5.74, 6) is 2.24. The van der Waals surface area contributed by atoms with E-state index >= 15 is 0 Å². The van der Waals surface area contributed by atoms with Gasteiger partial charge in [0.15, 0.2) is 23.0 Å². The number of nitrogens with zero attached hydrogens (tertiary/aromatic N) is 1. The highest BCUT2D eigenvalue weighted by atomic mass is 79.9. The monoisotopic (exact) mass is 628 g/mol. The van der Waals surface area contributed by atoms with E-state index in [1.807, 2.05) is 54.6 Å². The van der Waals surface area contributed by atoms with Crippen molar-refractivity contribution in [1.29, 1.82) is 5.26 Å². The van der Waals surface area contributed by atoms with Crippen LogP contribution in [-0.4, -0.2) is 27.2 Å². The van der Waals surface area contributed by atoms with Gasteiger partial charge in [0.1, 0.15) is 30.6 Å². The van der Waals surface area contributed by atoms with E-state index in [0.29, 0.717) is 51.1 Å². The molecule has 0 aliphatic carbocycles. The van der Waals surface area contributed by atoms with Gasteiger partial charge in [-0.2, -0.15) is 5.26 Å². The first-order valence-corrected chi connectivity index (χ1v) is 13.6. The van der Waals surface area contributed by atoms with Crippen LogP contribution in [0.2, 0.25) is 0 Å². The lowest BCUT2D eigenvalue weighted by molar-refractivity contribution is -0.112. The molecule has 0 aliphatic rings. The van der Waals surface area contributed by atoms with Gasteiger partial charge in [0, 0.05) is 5.69 Å². The number of carbonyl (C=O) groups is 1. The van der Waals surface area contributed by atoms with Crippen LogP contribution >= 0.6 is 15.9 Å². The molecule has 1 amide bonds. The van der Waals surface area contributed by atoms with Crippen molar-refractivity contribution in [3.8, 4) is 34.8 Å². The molecule has 0 heterocycles. The number of nitrogens with one attached hydrogen (secondary N) is 1. The van der Waals surface area contributed by atoms with Gasteiger partial charge in [0.25, 0.3) is 5.91 Å². The highest BCUT2D eigenvalue weighted by molar-refractivity contribution is 9.10. The first-order valence-electron chi connectivity index (χ1n) is 12.8. The molecule has 0 unspecified atom stereocenters. The molecule has 0 spiro atoms. The van der Waals surface area contributed by atoms with E-state index in [1.165, 1.54) is 13.2 Å². The quantitative estimate of drug-likeness (QED) is 0.131. The molecule has 0 aromatic heterocycles. The van der Waals surface area contributed by atoms with Gasteiger partial charge in [-0.05, 0) is 87.2 Å². The zero-order valence-corrected chi connectivity index (χ0v) is 24.9. The van der Waals surface area contributed by atoms with Crippen LogP contribution in [0.5, 0.6) is 28.7 Å². The summed E-state index contributed by atoms with van der Waals surface area (Å²) < 4.78 is 28.9. The van der Waals surface area contributed by atoms with Crippen molar-refractivity contribution in [3.63, 3.8) is 0 Å². The fourth-order valence-electron chi connectivity index (χ4n) is 3.96. The summed E-state index contributed by atoms with van der Waals surface area (Å²) in [4.78, 5) is 12.7. The Balaban J connectivity index is 1.46. The minimum atomic E-state index is -0.539. The first kappa shape index (κ1) is 30.0. The number of rotatable bonds is 12. The maximum absolute atomic E-state index is 12.7. The number of nitriles is 1. The molecule has 4 aromatic rings. The maximum atomic E-state index is 12.7. The summed E-state index contributed by atoms with van der Waals surface area (Å²) in [5.41, 5.74) is 2.96. The average molecular weight is 630 g/mol. The van der Waals surface area contributed by atoms with E-state index in [4.69, 9.17) is 23.7 Å². The van der Waals surface area contributed by atoms with Crippen molar-refractivity contribution < 1.29 is 28.5 Å². The molecule has 0 saturated carbocycles. The molecule has 4 rings (SSSR count). The summed E-state index contributed by atoms with van der Waals surface area (Å²) in [6.45, 7) is 0.655. The molecule has 9 heteroatoms. The van der Waals surface area contributed by atoms with Crippen LogP contribution in [0.1, 0.15) is 16.7 Å². The first-order chi connectivity index (χ1) is 20.4. The molecule has 0 fully saturated rings. The number of benzene rings is 4. The van der Waals surface area contributed by atoms with Gasteiger partial charge in [-0.3, -0.25) is 4.79 Å². The van der Waals surface area contributed by atoms with Gasteiger partial charge in [0.05, 0.1) is 25.8 Å². The Kier molecular flexibility index (Phi) is 10.5. The van der Waals surface area contributed by atoms with Crippen molar-refractivity contribution in [2.75, 3.05) is 26.6 Å². The van der Waals surface area contributed by atoms with Crippen LogP contribution in [0, 0.1) is 11.3 Å². The van der Waals surface area contributed by atoms with Crippen LogP contribution in [0.15, 0.2) is 95.0 Å². The van der Waals surface area contributed by atoms with E-state index in [2.05, 4.69) is 21.2 Å². The molecule has 0 saturated heterocycles. The lowest BCUT2D eigenvalue weighted by Crippen LogP contribution is -2.13. The summed E-state index contributed by atoms with van der Waals surface area (Å²) in [5, 5.41) is 12.4. The van der Waals surface area contributed by atoms with Crippen molar-refractivity contribution in [1.82, 2.24) is 0 Å². The summed E-state index contributed by atoms with van der Waals surface area (Å²) in [6, 6.07) is 27.7. The number of hydrogen-bond acceptors (Lipinski definition) is 7. The second-order valence-electron chi connectivity index (χ2n) is 8.93. The highest BCUT2D eigenvalue weighted by Crippen LogP contribution is 2.38. The number of anilines is 1. The van der Waals surface area contributed by atoms with Crippen molar-refractivity contribution in [2.24, 2.45) is 0 Å². The molecule has 0 bridgehead atoms. The smallest absolute Gasteiger partial charge is 0.266 e. The van der Waals surface area contributed by atoms with Crippen molar-refractivity contribution >= 4 is 33.6 Å². The molecule has 214 valence electrons. The Bertz CT molecular complexity index is 1600. The van der Waals surface area contributed by atoms with Gasteiger partial charge in [-0.1, -0.05) is 36.4 Å². The molecule has 0 radical (unpaired) electrons. The highest BCUT2D eigenvalue weighted by Gasteiger charge is 2.15. The Morgan fingerprint density at radius 1 is 0.810 bits per heavy atom. The van der Waals surface area contributed by atoms with Crippen LogP contribution in [-0.2, 0) is 18.0 Å². The molecular formula is C33H29BrN2O6.